The van der Waals surface area contributed by atoms with Gasteiger partial charge in [0, 0.05) is 5.56 Å². The van der Waals surface area contributed by atoms with Crippen LogP contribution in [0.2, 0.25) is 0 Å². The minimum Gasteiger partial charge on any atom is -0.507 e. The van der Waals surface area contributed by atoms with Gasteiger partial charge in [0.25, 0.3) is 0 Å². The van der Waals surface area contributed by atoms with Crippen molar-refractivity contribution in [2.24, 2.45) is 0 Å². The highest BCUT2D eigenvalue weighted by atomic mass is 16.5. The van der Waals surface area contributed by atoms with Crippen LogP contribution in [0.25, 0.3) is 0 Å². The van der Waals surface area contributed by atoms with Gasteiger partial charge in [-0.3, -0.25) is 0 Å². The zero-order valence-corrected chi connectivity index (χ0v) is 5.70. The number of phenolic OH excluding ortho intramolecular Hbond substituents is 1. The molecule has 1 aliphatic rings. The lowest BCUT2D eigenvalue weighted by Crippen LogP contribution is -1.93. The van der Waals surface area contributed by atoms with Gasteiger partial charge in [0.1, 0.15) is 17.9 Å². The molecule has 3 nitrogen and oxygen atoms in total. The van der Waals surface area contributed by atoms with E-state index >= 15 is 0 Å². The Hall–Kier alpha value is -1.51. The first-order chi connectivity index (χ1) is 5.29. The number of cyclic esters (lactones) is 1. The molecule has 1 aliphatic heterocycles. The van der Waals surface area contributed by atoms with Crippen LogP contribution >= 0.6 is 0 Å². The van der Waals surface area contributed by atoms with Gasteiger partial charge in [0.2, 0.25) is 0 Å². The quantitative estimate of drug-likeness (QED) is 0.562. The fourth-order valence-corrected chi connectivity index (χ4v) is 1.16. The van der Waals surface area contributed by atoms with E-state index in [1.54, 1.807) is 12.1 Å². The number of fused-ring (bicyclic) bond motifs is 1. The van der Waals surface area contributed by atoms with Crippen LogP contribution < -0.4 is 0 Å². The first-order valence-corrected chi connectivity index (χ1v) is 3.27. The third kappa shape index (κ3) is 0.774. The topological polar surface area (TPSA) is 46.5 Å². The van der Waals surface area contributed by atoms with Gasteiger partial charge < -0.3 is 9.84 Å². The van der Waals surface area contributed by atoms with Crippen LogP contribution in [-0.4, -0.2) is 11.1 Å². The lowest BCUT2D eigenvalue weighted by Gasteiger charge is -1.94. The third-order valence-electron chi connectivity index (χ3n) is 1.69. The molecule has 0 bridgehead atoms. The summed E-state index contributed by atoms with van der Waals surface area (Å²) < 4.78 is 4.71. The molecule has 1 aromatic rings. The molecule has 0 aromatic heterocycles. The summed E-state index contributed by atoms with van der Waals surface area (Å²) in [7, 11) is 0. The number of phenols is 1. The van der Waals surface area contributed by atoms with Crippen LogP contribution in [0.1, 0.15) is 15.9 Å². The zero-order valence-electron chi connectivity index (χ0n) is 5.70. The Balaban J connectivity index is 2.68. The average Bonchev–Trinajstić information content (AvgIpc) is 2.34. The van der Waals surface area contributed by atoms with Crippen molar-refractivity contribution in [3.05, 3.63) is 29.3 Å². The second kappa shape index (κ2) is 1.99. The maximum Gasteiger partial charge on any atom is 0.342 e. The van der Waals surface area contributed by atoms with E-state index < -0.39 is 5.97 Å². The van der Waals surface area contributed by atoms with Crippen molar-refractivity contribution >= 4 is 5.97 Å². The number of esters is 1. The van der Waals surface area contributed by atoms with Crippen molar-refractivity contribution in [2.75, 3.05) is 0 Å². The summed E-state index contributed by atoms with van der Waals surface area (Å²) in [5, 5.41) is 9.20. The molecule has 0 saturated heterocycles. The van der Waals surface area contributed by atoms with Crippen LogP contribution in [0.3, 0.4) is 0 Å². The Kier molecular flexibility index (Phi) is 1.12. The first kappa shape index (κ1) is 6.22. The molecule has 0 amide bonds. The van der Waals surface area contributed by atoms with E-state index in [1.807, 2.05) is 0 Å². The fraction of sp³-hybridized carbons (Fsp3) is 0.125. The van der Waals surface area contributed by atoms with Crippen molar-refractivity contribution in [3.63, 3.8) is 0 Å². The van der Waals surface area contributed by atoms with E-state index in [9.17, 15) is 9.90 Å². The summed E-state index contributed by atoms with van der Waals surface area (Å²) >= 11 is 0. The predicted octanol–water partition coefficient (Wildman–Crippen LogP) is 1.06. The molecule has 3 heteroatoms. The second-order valence-corrected chi connectivity index (χ2v) is 2.39. The number of ether oxygens (including phenoxy) is 1. The van der Waals surface area contributed by atoms with Gasteiger partial charge in [-0.05, 0) is 6.07 Å². The van der Waals surface area contributed by atoms with Gasteiger partial charge in [0.15, 0.2) is 0 Å². The molecule has 0 unspecified atom stereocenters. The highest BCUT2D eigenvalue weighted by Crippen LogP contribution is 2.27. The molecule has 0 fully saturated rings. The molecular weight excluding hydrogens is 144 g/mol. The van der Waals surface area contributed by atoms with Gasteiger partial charge >= 0.3 is 5.97 Å². The molecular formula is C8H6O3. The molecule has 11 heavy (non-hydrogen) atoms. The lowest BCUT2D eigenvalue weighted by atomic mass is 10.1. The lowest BCUT2D eigenvalue weighted by molar-refractivity contribution is 0.0533. The average molecular weight is 150 g/mol. The molecule has 1 heterocycles. The largest absolute Gasteiger partial charge is 0.507 e. The van der Waals surface area contributed by atoms with E-state index in [0.29, 0.717) is 5.56 Å². The number of carbonyl (C=O) groups excluding carboxylic acids is 1. The molecule has 56 valence electrons. The molecule has 2 rings (SSSR count). The first-order valence-electron chi connectivity index (χ1n) is 3.27. The Morgan fingerprint density at radius 2 is 2.27 bits per heavy atom. The van der Waals surface area contributed by atoms with Crippen molar-refractivity contribution in [1.29, 1.82) is 0 Å². The monoisotopic (exact) mass is 150 g/mol. The summed E-state index contributed by atoms with van der Waals surface area (Å²) in [6.45, 7) is 0.280. The van der Waals surface area contributed by atoms with E-state index in [2.05, 4.69) is 0 Å². The standard InChI is InChI=1S/C8H6O3/c9-6-3-1-2-5-4-11-8(10)7(5)6/h1-3,9H,4H2. The van der Waals surface area contributed by atoms with Crippen LogP contribution in [0.15, 0.2) is 18.2 Å². The van der Waals surface area contributed by atoms with Gasteiger partial charge in [-0.1, -0.05) is 12.1 Å². The summed E-state index contributed by atoms with van der Waals surface area (Å²) in [6.07, 6.45) is 0. The van der Waals surface area contributed by atoms with Crippen molar-refractivity contribution in [3.8, 4) is 5.75 Å². The molecule has 0 atom stereocenters. The maximum atomic E-state index is 10.9. The van der Waals surface area contributed by atoms with Gasteiger partial charge in [-0.15, -0.1) is 0 Å². The molecule has 0 saturated carbocycles. The summed E-state index contributed by atoms with van der Waals surface area (Å²) in [5.74, 6) is -0.428. The molecule has 0 spiro atoms. The molecule has 1 aromatic carbocycles. The van der Waals surface area contributed by atoms with Crippen molar-refractivity contribution < 1.29 is 14.6 Å². The zero-order chi connectivity index (χ0) is 7.84. The molecule has 0 radical (unpaired) electrons. The number of hydrogen-bond acceptors (Lipinski definition) is 3. The third-order valence-corrected chi connectivity index (χ3v) is 1.69. The summed E-state index contributed by atoms with van der Waals surface area (Å²) in [6, 6.07) is 4.93. The Labute approximate surface area is 63.2 Å². The van der Waals surface area contributed by atoms with Crippen LogP contribution in [-0.2, 0) is 11.3 Å². The SMILES string of the molecule is O=C1OCc2cccc(O)c21. The number of hydrogen-bond donors (Lipinski definition) is 1. The van der Waals surface area contributed by atoms with E-state index in [4.69, 9.17) is 4.74 Å². The normalized spacial score (nSPS) is 14.4. The van der Waals surface area contributed by atoms with Gasteiger partial charge in [-0.25, -0.2) is 4.79 Å². The second-order valence-electron chi connectivity index (χ2n) is 2.39. The van der Waals surface area contributed by atoms with E-state index in [0.717, 1.165) is 5.56 Å². The summed E-state index contributed by atoms with van der Waals surface area (Å²) in [5.41, 5.74) is 1.07. The van der Waals surface area contributed by atoms with Crippen LogP contribution in [0.4, 0.5) is 0 Å². The van der Waals surface area contributed by atoms with E-state index in [-0.39, 0.29) is 12.4 Å². The fourth-order valence-electron chi connectivity index (χ4n) is 1.16. The molecule has 0 aliphatic carbocycles. The smallest absolute Gasteiger partial charge is 0.342 e. The number of aromatic hydroxyl groups is 1. The number of rotatable bonds is 0. The minimum atomic E-state index is -0.432. The van der Waals surface area contributed by atoms with Gasteiger partial charge in [-0.2, -0.15) is 0 Å². The van der Waals surface area contributed by atoms with Gasteiger partial charge in [0.05, 0.1) is 0 Å². The Morgan fingerprint density at radius 3 is 3.00 bits per heavy atom. The number of benzene rings is 1. The predicted molar refractivity (Wildman–Crippen MR) is 37.2 cm³/mol. The van der Waals surface area contributed by atoms with E-state index in [1.165, 1.54) is 6.07 Å². The van der Waals surface area contributed by atoms with Crippen LogP contribution in [0.5, 0.6) is 5.75 Å². The Morgan fingerprint density at radius 1 is 1.45 bits per heavy atom. The van der Waals surface area contributed by atoms with Crippen molar-refractivity contribution in [1.82, 2.24) is 0 Å². The Bertz CT molecular complexity index is 317. The van der Waals surface area contributed by atoms with Crippen LogP contribution in [0, 0.1) is 0 Å². The summed E-state index contributed by atoms with van der Waals surface area (Å²) in [4.78, 5) is 10.9. The van der Waals surface area contributed by atoms with Crippen molar-refractivity contribution in [2.45, 2.75) is 6.61 Å². The minimum absolute atomic E-state index is 0.00463. The highest BCUT2D eigenvalue weighted by Gasteiger charge is 2.23. The molecule has 1 N–H and O–H groups in total. The number of carbonyl (C=O) groups is 1. The highest BCUT2D eigenvalue weighted by molar-refractivity contribution is 5.96. The maximum absolute atomic E-state index is 10.9.